The summed E-state index contributed by atoms with van der Waals surface area (Å²) in [6.07, 6.45) is 2.32. The molecule has 0 aromatic heterocycles. The molecule has 0 atom stereocenters. The lowest BCUT2D eigenvalue weighted by Gasteiger charge is -2.16. The Morgan fingerprint density at radius 3 is 2.50 bits per heavy atom. The van der Waals surface area contributed by atoms with Gasteiger partial charge < -0.3 is 14.8 Å². The topological polar surface area (TPSA) is 50.8 Å². The zero-order valence-electron chi connectivity index (χ0n) is 11.7. The summed E-state index contributed by atoms with van der Waals surface area (Å²) < 4.78 is 10.4. The maximum absolute atomic E-state index is 12.0. The fourth-order valence-electron chi connectivity index (χ4n) is 2.29. The first kappa shape index (κ1) is 14.9. The van der Waals surface area contributed by atoms with Crippen LogP contribution in [-0.4, -0.2) is 44.7 Å². The van der Waals surface area contributed by atoms with Gasteiger partial charge in [0.15, 0.2) is 0 Å². The number of hydrogen-bond acceptors (Lipinski definition) is 4. The van der Waals surface area contributed by atoms with E-state index in [1.54, 1.807) is 12.1 Å². The third-order valence-corrected chi connectivity index (χ3v) is 3.61. The molecule has 6 heteroatoms. The van der Waals surface area contributed by atoms with Gasteiger partial charge in [-0.2, -0.15) is 0 Å². The molecule has 1 N–H and O–H groups in total. The Hall–Kier alpha value is -1.46. The van der Waals surface area contributed by atoms with E-state index in [-0.39, 0.29) is 5.91 Å². The largest absolute Gasteiger partial charge is 0.495 e. The van der Waals surface area contributed by atoms with E-state index in [1.165, 1.54) is 14.2 Å². The predicted octanol–water partition coefficient (Wildman–Crippen LogP) is 2.39. The highest BCUT2D eigenvalue weighted by molar-refractivity contribution is 6.32. The lowest BCUT2D eigenvalue weighted by molar-refractivity contribution is -0.117. The van der Waals surface area contributed by atoms with E-state index in [9.17, 15) is 4.79 Å². The quantitative estimate of drug-likeness (QED) is 0.907. The normalized spacial score (nSPS) is 15.2. The Morgan fingerprint density at radius 1 is 1.25 bits per heavy atom. The van der Waals surface area contributed by atoms with Crippen molar-refractivity contribution in [1.82, 2.24) is 4.90 Å². The minimum Gasteiger partial charge on any atom is -0.495 e. The van der Waals surface area contributed by atoms with Crippen molar-refractivity contribution in [1.29, 1.82) is 0 Å². The average molecular weight is 299 g/mol. The zero-order chi connectivity index (χ0) is 14.5. The minimum atomic E-state index is -0.0606. The monoisotopic (exact) mass is 298 g/mol. The molecule has 0 spiro atoms. The fraction of sp³-hybridized carbons (Fsp3) is 0.500. The summed E-state index contributed by atoms with van der Waals surface area (Å²) in [5.41, 5.74) is 0.568. The maximum Gasteiger partial charge on any atom is 0.238 e. The molecule has 1 fully saturated rings. The molecular formula is C14H19ClN2O3. The van der Waals surface area contributed by atoms with Gasteiger partial charge in [-0.1, -0.05) is 11.6 Å². The zero-order valence-corrected chi connectivity index (χ0v) is 12.5. The van der Waals surface area contributed by atoms with Gasteiger partial charge in [-0.3, -0.25) is 9.69 Å². The van der Waals surface area contributed by atoms with E-state index < -0.39 is 0 Å². The number of benzene rings is 1. The molecule has 0 bridgehead atoms. The molecule has 1 aliphatic rings. The lowest BCUT2D eigenvalue weighted by Crippen LogP contribution is -2.31. The molecule has 0 aliphatic carbocycles. The Kier molecular flexibility index (Phi) is 5.09. The Balaban J connectivity index is 2.08. The molecule has 20 heavy (non-hydrogen) atoms. The highest BCUT2D eigenvalue weighted by atomic mass is 35.5. The van der Waals surface area contributed by atoms with Crippen molar-refractivity contribution in [2.45, 2.75) is 12.8 Å². The molecule has 1 aromatic rings. The van der Waals surface area contributed by atoms with Crippen LogP contribution < -0.4 is 14.8 Å². The van der Waals surface area contributed by atoms with Crippen molar-refractivity contribution in [3.8, 4) is 11.5 Å². The van der Waals surface area contributed by atoms with E-state index >= 15 is 0 Å². The first-order valence-electron chi connectivity index (χ1n) is 6.57. The molecule has 2 rings (SSSR count). The molecular weight excluding hydrogens is 280 g/mol. The van der Waals surface area contributed by atoms with Crippen LogP contribution in [0.15, 0.2) is 12.1 Å². The summed E-state index contributed by atoms with van der Waals surface area (Å²) in [6.45, 7) is 2.36. The fourth-order valence-corrected chi connectivity index (χ4v) is 2.52. The van der Waals surface area contributed by atoms with Gasteiger partial charge in [0.1, 0.15) is 11.5 Å². The van der Waals surface area contributed by atoms with Crippen molar-refractivity contribution in [3.63, 3.8) is 0 Å². The van der Waals surface area contributed by atoms with Crippen molar-refractivity contribution in [2.75, 3.05) is 39.2 Å². The number of hydrogen-bond donors (Lipinski definition) is 1. The van der Waals surface area contributed by atoms with E-state index in [0.717, 1.165) is 25.9 Å². The van der Waals surface area contributed by atoms with Gasteiger partial charge in [-0.25, -0.2) is 0 Å². The minimum absolute atomic E-state index is 0.0606. The number of likely N-dealkylation sites (tertiary alicyclic amines) is 1. The van der Waals surface area contributed by atoms with Crippen molar-refractivity contribution in [2.24, 2.45) is 0 Å². The smallest absolute Gasteiger partial charge is 0.238 e. The van der Waals surface area contributed by atoms with Crippen LogP contribution in [0, 0.1) is 0 Å². The second-order valence-corrected chi connectivity index (χ2v) is 5.13. The van der Waals surface area contributed by atoms with Crippen LogP contribution in [0.3, 0.4) is 0 Å². The van der Waals surface area contributed by atoms with Gasteiger partial charge in [0.05, 0.1) is 31.5 Å². The van der Waals surface area contributed by atoms with E-state index in [2.05, 4.69) is 10.2 Å². The first-order valence-corrected chi connectivity index (χ1v) is 6.95. The van der Waals surface area contributed by atoms with Gasteiger partial charge in [-0.05, 0) is 25.9 Å². The van der Waals surface area contributed by atoms with Crippen LogP contribution in [0.2, 0.25) is 5.02 Å². The van der Waals surface area contributed by atoms with Gasteiger partial charge in [0.25, 0.3) is 0 Å². The van der Waals surface area contributed by atoms with Crippen LogP contribution in [-0.2, 0) is 4.79 Å². The van der Waals surface area contributed by atoms with Crippen LogP contribution >= 0.6 is 11.6 Å². The molecule has 1 saturated heterocycles. The van der Waals surface area contributed by atoms with E-state index in [0.29, 0.717) is 28.8 Å². The molecule has 5 nitrogen and oxygen atoms in total. The molecule has 0 radical (unpaired) electrons. The number of nitrogens with zero attached hydrogens (tertiary/aromatic N) is 1. The van der Waals surface area contributed by atoms with Crippen molar-refractivity contribution < 1.29 is 14.3 Å². The van der Waals surface area contributed by atoms with Gasteiger partial charge in [-0.15, -0.1) is 0 Å². The van der Waals surface area contributed by atoms with Gasteiger partial charge in [0, 0.05) is 12.1 Å². The molecule has 0 unspecified atom stereocenters. The molecule has 0 saturated carbocycles. The number of carbonyl (C=O) groups is 1. The summed E-state index contributed by atoms with van der Waals surface area (Å²) in [6, 6.07) is 3.30. The number of ether oxygens (including phenoxy) is 2. The summed E-state index contributed by atoms with van der Waals surface area (Å²) >= 11 is 6.03. The van der Waals surface area contributed by atoms with Crippen LogP contribution in [0.1, 0.15) is 12.8 Å². The summed E-state index contributed by atoms with van der Waals surface area (Å²) in [7, 11) is 3.07. The summed E-state index contributed by atoms with van der Waals surface area (Å²) in [5, 5.41) is 3.29. The number of anilines is 1. The lowest BCUT2D eigenvalue weighted by atomic mass is 10.2. The maximum atomic E-state index is 12.0. The number of carbonyl (C=O) groups excluding carboxylic acids is 1. The Morgan fingerprint density at radius 2 is 1.90 bits per heavy atom. The Bertz CT molecular complexity index is 488. The van der Waals surface area contributed by atoms with Crippen LogP contribution in [0.4, 0.5) is 5.69 Å². The van der Waals surface area contributed by atoms with Crippen LogP contribution in [0.5, 0.6) is 11.5 Å². The molecule has 1 aliphatic heterocycles. The number of amides is 1. The number of halogens is 1. The summed E-state index contributed by atoms with van der Waals surface area (Å²) in [5.74, 6) is 0.962. The van der Waals surface area contributed by atoms with Crippen molar-refractivity contribution in [3.05, 3.63) is 17.2 Å². The van der Waals surface area contributed by atoms with E-state index in [4.69, 9.17) is 21.1 Å². The highest BCUT2D eigenvalue weighted by Crippen LogP contribution is 2.35. The predicted molar refractivity (Wildman–Crippen MR) is 78.9 cm³/mol. The third-order valence-electron chi connectivity index (χ3n) is 3.31. The average Bonchev–Trinajstić information content (AvgIpc) is 2.92. The number of methoxy groups -OCH3 is 2. The first-order chi connectivity index (χ1) is 9.63. The Labute approximate surface area is 123 Å². The second-order valence-electron chi connectivity index (χ2n) is 4.72. The molecule has 1 aromatic carbocycles. The molecule has 1 heterocycles. The van der Waals surface area contributed by atoms with Gasteiger partial charge in [0.2, 0.25) is 5.91 Å². The third kappa shape index (κ3) is 3.55. The standard InChI is InChI=1S/C14H19ClN2O3/c1-19-12-8-11(13(20-2)7-10(12)15)16-14(18)9-17-5-3-4-6-17/h7-8H,3-6,9H2,1-2H3,(H,16,18). The molecule has 1 amide bonds. The summed E-state index contributed by atoms with van der Waals surface area (Å²) in [4.78, 5) is 14.2. The number of rotatable bonds is 5. The van der Waals surface area contributed by atoms with Crippen molar-refractivity contribution >= 4 is 23.2 Å². The SMILES string of the molecule is COc1cc(NC(=O)CN2CCCC2)c(OC)cc1Cl. The molecule has 110 valence electrons. The van der Waals surface area contributed by atoms with E-state index in [1.807, 2.05) is 0 Å². The second kappa shape index (κ2) is 6.81. The van der Waals surface area contributed by atoms with Crippen LogP contribution in [0.25, 0.3) is 0 Å². The number of nitrogens with one attached hydrogen (secondary N) is 1. The van der Waals surface area contributed by atoms with Gasteiger partial charge >= 0.3 is 0 Å². The highest BCUT2D eigenvalue weighted by Gasteiger charge is 2.17.